The molecule has 2 amide bonds. The van der Waals surface area contributed by atoms with Crippen LogP contribution in [0, 0.1) is 0 Å². The summed E-state index contributed by atoms with van der Waals surface area (Å²) in [4.78, 5) is 27.8. The monoisotopic (exact) mass is 329 g/mol. The van der Waals surface area contributed by atoms with Gasteiger partial charge in [-0.15, -0.1) is 0 Å². The zero-order chi connectivity index (χ0) is 17.5. The summed E-state index contributed by atoms with van der Waals surface area (Å²) >= 11 is 0. The molecule has 1 aromatic carbocycles. The molecule has 0 saturated heterocycles. The molecule has 1 heterocycles. The number of para-hydroxylation sites is 1. The van der Waals surface area contributed by atoms with Crippen molar-refractivity contribution < 1.29 is 9.59 Å². The fraction of sp³-hybridized carbons (Fsp3) is 0.474. The smallest absolute Gasteiger partial charge is 0.243 e. The average molecular weight is 329 g/mol. The van der Waals surface area contributed by atoms with Gasteiger partial charge in [0.05, 0.1) is 0 Å². The topological polar surface area (TPSA) is 74.0 Å². The number of unbranched alkanes of at least 4 members (excludes halogenated alkanes) is 1. The minimum atomic E-state index is -0.559. The summed E-state index contributed by atoms with van der Waals surface area (Å²) in [5.74, 6) is -0.208. The van der Waals surface area contributed by atoms with Crippen LogP contribution in [0.1, 0.15) is 45.6 Å². The van der Waals surface area contributed by atoms with Gasteiger partial charge in [0.25, 0.3) is 0 Å². The van der Waals surface area contributed by atoms with E-state index in [0.29, 0.717) is 12.8 Å². The normalized spacial score (nSPS) is 12.3. The van der Waals surface area contributed by atoms with E-state index in [-0.39, 0.29) is 17.9 Å². The highest BCUT2D eigenvalue weighted by atomic mass is 16.2. The fourth-order valence-electron chi connectivity index (χ4n) is 2.72. The minimum Gasteiger partial charge on any atom is -0.361 e. The van der Waals surface area contributed by atoms with Crippen molar-refractivity contribution in [1.82, 2.24) is 15.6 Å². The molecule has 0 spiro atoms. The van der Waals surface area contributed by atoms with E-state index in [1.54, 1.807) is 0 Å². The van der Waals surface area contributed by atoms with Crippen molar-refractivity contribution in [3.8, 4) is 0 Å². The van der Waals surface area contributed by atoms with Crippen LogP contribution in [0.5, 0.6) is 0 Å². The van der Waals surface area contributed by atoms with Gasteiger partial charge in [-0.25, -0.2) is 0 Å². The van der Waals surface area contributed by atoms with Crippen LogP contribution >= 0.6 is 0 Å². The number of hydrogen-bond acceptors (Lipinski definition) is 2. The van der Waals surface area contributed by atoms with Gasteiger partial charge in [-0.1, -0.05) is 31.5 Å². The molecule has 0 saturated carbocycles. The van der Waals surface area contributed by atoms with Gasteiger partial charge >= 0.3 is 0 Å². The van der Waals surface area contributed by atoms with Crippen LogP contribution in [-0.2, 0) is 16.0 Å². The SMILES string of the molecule is CCCCC(=O)N[C@H](Cc1c[nH]c2ccccc12)C(=O)NC(C)C. The molecule has 2 aromatic rings. The number of aromatic nitrogens is 1. The standard InChI is InChI=1S/C19H27N3O2/c1-4-5-10-18(23)22-17(19(24)21-13(2)3)11-14-12-20-16-9-7-6-8-15(14)16/h6-9,12-13,17,20H,4-5,10-11H2,1-3H3,(H,21,24)(H,22,23)/t17-/m1/s1. The summed E-state index contributed by atoms with van der Waals surface area (Å²) in [5, 5.41) is 6.88. The van der Waals surface area contributed by atoms with Gasteiger partial charge in [-0.05, 0) is 31.9 Å². The van der Waals surface area contributed by atoms with Crippen LogP contribution < -0.4 is 10.6 Å². The second-order valence-corrected chi connectivity index (χ2v) is 6.45. The van der Waals surface area contributed by atoms with Crippen molar-refractivity contribution in [2.75, 3.05) is 0 Å². The minimum absolute atomic E-state index is 0.0375. The Labute approximate surface area is 143 Å². The Hall–Kier alpha value is -2.30. The van der Waals surface area contributed by atoms with E-state index in [1.807, 2.05) is 51.2 Å². The zero-order valence-electron chi connectivity index (χ0n) is 14.7. The summed E-state index contributed by atoms with van der Waals surface area (Å²) in [6.45, 7) is 5.88. The van der Waals surface area contributed by atoms with E-state index in [2.05, 4.69) is 15.6 Å². The lowest BCUT2D eigenvalue weighted by molar-refractivity contribution is -0.129. The molecule has 24 heavy (non-hydrogen) atoms. The molecule has 0 radical (unpaired) electrons. The molecule has 2 rings (SSSR count). The van der Waals surface area contributed by atoms with Gasteiger partial charge in [0.1, 0.15) is 6.04 Å². The molecule has 5 heteroatoms. The predicted octanol–water partition coefficient (Wildman–Crippen LogP) is 2.91. The van der Waals surface area contributed by atoms with E-state index in [9.17, 15) is 9.59 Å². The molecule has 0 aliphatic rings. The van der Waals surface area contributed by atoms with Crippen molar-refractivity contribution in [3.63, 3.8) is 0 Å². The molecule has 0 aliphatic heterocycles. The van der Waals surface area contributed by atoms with E-state index in [0.717, 1.165) is 29.3 Å². The Morgan fingerprint density at radius 3 is 2.62 bits per heavy atom. The zero-order valence-corrected chi connectivity index (χ0v) is 14.7. The second-order valence-electron chi connectivity index (χ2n) is 6.45. The Balaban J connectivity index is 2.15. The first-order valence-electron chi connectivity index (χ1n) is 8.66. The summed E-state index contributed by atoms with van der Waals surface area (Å²) in [6.07, 6.45) is 4.63. The predicted molar refractivity (Wildman–Crippen MR) is 96.7 cm³/mol. The van der Waals surface area contributed by atoms with Gasteiger partial charge in [-0.3, -0.25) is 9.59 Å². The largest absolute Gasteiger partial charge is 0.361 e. The number of H-pyrrole nitrogens is 1. The number of carbonyl (C=O) groups is 2. The molecular weight excluding hydrogens is 302 g/mol. The third-order valence-electron chi connectivity index (χ3n) is 3.94. The third-order valence-corrected chi connectivity index (χ3v) is 3.94. The van der Waals surface area contributed by atoms with Crippen molar-refractivity contribution in [2.45, 2.75) is 58.5 Å². The average Bonchev–Trinajstić information content (AvgIpc) is 2.95. The number of rotatable bonds is 8. The molecule has 0 aliphatic carbocycles. The number of aromatic amines is 1. The lowest BCUT2D eigenvalue weighted by Crippen LogP contribution is -2.49. The summed E-state index contributed by atoms with van der Waals surface area (Å²) in [6, 6.07) is 7.45. The number of benzene rings is 1. The molecule has 5 nitrogen and oxygen atoms in total. The molecule has 130 valence electrons. The number of amides is 2. The quantitative estimate of drug-likeness (QED) is 0.696. The Morgan fingerprint density at radius 2 is 1.92 bits per heavy atom. The molecule has 0 bridgehead atoms. The van der Waals surface area contributed by atoms with Gasteiger partial charge in [0, 0.05) is 36.0 Å². The van der Waals surface area contributed by atoms with Gasteiger partial charge in [-0.2, -0.15) is 0 Å². The molecule has 1 atom stereocenters. The number of carbonyl (C=O) groups excluding carboxylic acids is 2. The highest BCUT2D eigenvalue weighted by Gasteiger charge is 2.22. The van der Waals surface area contributed by atoms with E-state index >= 15 is 0 Å². The van der Waals surface area contributed by atoms with Gasteiger partial charge in [0.2, 0.25) is 11.8 Å². The molecule has 0 fully saturated rings. The maximum atomic E-state index is 12.5. The number of hydrogen-bond donors (Lipinski definition) is 3. The van der Waals surface area contributed by atoms with Gasteiger partial charge in [0.15, 0.2) is 0 Å². The summed E-state index contributed by atoms with van der Waals surface area (Å²) in [7, 11) is 0. The third kappa shape index (κ3) is 4.85. The van der Waals surface area contributed by atoms with Crippen molar-refractivity contribution in [1.29, 1.82) is 0 Å². The van der Waals surface area contributed by atoms with Crippen molar-refractivity contribution >= 4 is 22.7 Å². The van der Waals surface area contributed by atoms with Gasteiger partial charge < -0.3 is 15.6 Å². The molecule has 0 unspecified atom stereocenters. The fourth-order valence-corrected chi connectivity index (χ4v) is 2.72. The Kier molecular flexibility index (Phi) is 6.41. The summed E-state index contributed by atoms with van der Waals surface area (Å²) in [5.41, 5.74) is 2.07. The highest BCUT2D eigenvalue weighted by Crippen LogP contribution is 2.19. The molecule has 3 N–H and O–H groups in total. The van der Waals surface area contributed by atoms with Crippen LogP contribution in [0.3, 0.4) is 0 Å². The molecule has 1 aromatic heterocycles. The lowest BCUT2D eigenvalue weighted by atomic mass is 10.0. The first kappa shape index (κ1) is 18.0. The van der Waals surface area contributed by atoms with Crippen LogP contribution in [-0.4, -0.2) is 28.9 Å². The molecular formula is C19H27N3O2. The number of nitrogens with one attached hydrogen (secondary N) is 3. The van der Waals surface area contributed by atoms with Crippen LogP contribution in [0.25, 0.3) is 10.9 Å². The maximum absolute atomic E-state index is 12.5. The highest BCUT2D eigenvalue weighted by molar-refractivity contribution is 5.89. The van der Waals surface area contributed by atoms with E-state index in [4.69, 9.17) is 0 Å². The van der Waals surface area contributed by atoms with E-state index in [1.165, 1.54) is 0 Å². The second kappa shape index (κ2) is 8.52. The summed E-state index contributed by atoms with van der Waals surface area (Å²) < 4.78 is 0. The van der Waals surface area contributed by atoms with Crippen molar-refractivity contribution in [3.05, 3.63) is 36.0 Å². The van der Waals surface area contributed by atoms with Crippen LogP contribution in [0.15, 0.2) is 30.5 Å². The van der Waals surface area contributed by atoms with E-state index < -0.39 is 6.04 Å². The Bertz CT molecular complexity index is 691. The van der Waals surface area contributed by atoms with Crippen LogP contribution in [0.4, 0.5) is 0 Å². The first-order valence-corrected chi connectivity index (χ1v) is 8.66. The maximum Gasteiger partial charge on any atom is 0.243 e. The Morgan fingerprint density at radius 1 is 1.17 bits per heavy atom. The lowest BCUT2D eigenvalue weighted by Gasteiger charge is -2.20. The van der Waals surface area contributed by atoms with Crippen LogP contribution in [0.2, 0.25) is 0 Å². The number of fused-ring (bicyclic) bond motifs is 1. The first-order chi connectivity index (χ1) is 11.5. The van der Waals surface area contributed by atoms with Crippen molar-refractivity contribution in [2.24, 2.45) is 0 Å².